The van der Waals surface area contributed by atoms with Crippen LogP contribution in [-0.4, -0.2) is 14.0 Å². The van der Waals surface area contributed by atoms with Gasteiger partial charge in [-0.15, -0.1) is 0 Å². The minimum Gasteiger partial charge on any atom is -0.503 e. The van der Waals surface area contributed by atoms with Crippen molar-refractivity contribution in [3.05, 3.63) is 31.7 Å². The molecule has 1 aliphatic heterocycles. The summed E-state index contributed by atoms with van der Waals surface area (Å²) in [5.41, 5.74) is 0.147. The van der Waals surface area contributed by atoms with Gasteiger partial charge in [0.2, 0.25) is 0 Å². The molecule has 1 heterocycles. The van der Waals surface area contributed by atoms with Crippen molar-refractivity contribution in [3.8, 4) is 0 Å². The topological polar surface area (TPSA) is 63.4 Å². The molecule has 0 fully saturated rings. The van der Waals surface area contributed by atoms with Gasteiger partial charge in [-0.05, 0) is 30.8 Å². The lowest BCUT2D eigenvalue weighted by atomic mass is 10.3. The summed E-state index contributed by atoms with van der Waals surface area (Å²) in [6, 6.07) is 0. The Hall–Kier alpha value is -0.720. The fourth-order valence-electron chi connectivity index (χ4n) is 0.601. The zero-order valence-electron chi connectivity index (χ0n) is 5.53. The molecule has 0 bridgehead atoms. The number of hydrogen-bond acceptors (Lipinski definition) is 3. The van der Waals surface area contributed by atoms with Gasteiger partial charge in [0.05, 0.1) is 11.3 Å². The van der Waals surface area contributed by atoms with E-state index in [0.29, 0.717) is 6.42 Å². The number of aliphatic hydroxyl groups is 1. The molecule has 0 saturated carbocycles. The first-order valence-electron chi connectivity index (χ1n) is 2.89. The van der Waals surface area contributed by atoms with Crippen LogP contribution in [0.1, 0.15) is 6.42 Å². The molecule has 0 amide bonds. The monoisotopic (exact) mass is 267 g/mol. The predicted molar refractivity (Wildman–Crippen MR) is 50.5 cm³/mol. The number of nitro groups is 1. The Morgan fingerprint density at radius 1 is 1.64 bits per heavy atom. The Kier molecular flexibility index (Phi) is 2.75. The number of nitrogens with zero attached hydrogens (tertiary/aromatic N) is 1. The van der Waals surface area contributed by atoms with Gasteiger partial charge in [0.15, 0.2) is 0 Å². The summed E-state index contributed by atoms with van der Waals surface area (Å²) in [6.07, 6.45) is 3.13. The average molecular weight is 267 g/mol. The van der Waals surface area contributed by atoms with E-state index in [-0.39, 0.29) is 9.46 Å². The number of aliphatic hydroxyl groups excluding tert-OH is 1. The van der Waals surface area contributed by atoms with Crippen LogP contribution >= 0.6 is 20.7 Å². The van der Waals surface area contributed by atoms with Gasteiger partial charge in [-0.3, -0.25) is 10.1 Å². The summed E-state index contributed by atoms with van der Waals surface area (Å²) < 4.78 is 2.06. The molecule has 0 aromatic rings. The maximum absolute atomic E-state index is 10.2. The molecular weight excluding hydrogens is 261 g/mol. The molecule has 0 saturated heterocycles. The minimum atomic E-state index is -0.493. The average Bonchev–Trinajstić information content (AvgIpc) is 2.13. The molecule has 0 aromatic carbocycles. The first kappa shape index (κ1) is 8.38. The fourth-order valence-corrected chi connectivity index (χ4v) is 2.11. The Morgan fingerprint density at radius 2 is 2.36 bits per heavy atom. The summed E-state index contributed by atoms with van der Waals surface area (Å²) in [5.74, 6) is 0. The molecule has 5 heteroatoms. The van der Waals surface area contributed by atoms with Crippen LogP contribution in [0, 0.1) is 10.1 Å². The molecule has 0 atom stereocenters. The van der Waals surface area contributed by atoms with E-state index in [1.54, 1.807) is 4.01 Å². The SMILES string of the molecule is O=[N+]([O-])C1=CC=C(O)I=CC1. The molecule has 1 aliphatic rings. The molecule has 0 unspecified atom stereocenters. The third-order valence-electron chi connectivity index (χ3n) is 1.12. The molecule has 1 N–H and O–H groups in total. The van der Waals surface area contributed by atoms with Gasteiger partial charge in [-0.25, -0.2) is 0 Å². The molecule has 11 heavy (non-hydrogen) atoms. The lowest BCUT2D eigenvalue weighted by molar-refractivity contribution is -0.425. The standard InChI is InChI=1S/C6H6INO3/c9-6-2-1-5(8(10)11)3-4-7-6/h1-2,4,9H,3H2. The highest BCUT2D eigenvalue weighted by molar-refractivity contribution is 14.2. The van der Waals surface area contributed by atoms with Crippen LogP contribution < -0.4 is 0 Å². The Balaban J connectivity index is 2.86. The van der Waals surface area contributed by atoms with E-state index in [1.807, 2.05) is 0 Å². The van der Waals surface area contributed by atoms with Crippen LogP contribution in [0.2, 0.25) is 0 Å². The van der Waals surface area contributed by atoms with Gasteiger partial charge in [0.25, 0.3) is 5.70 Å². The summed E-state index contributed by atoms with van der Waals surface area (Å²) in [7, 11) is 0. The number of halogens is 1. The van der Waals surface area contributed by atoms with Gasteiger partial charge in [-0.1, -0.05) is 0 Å². The number of hydrogen-bond donors (Lipinski definition) is 1. The van der Waals surface area contributed by atoms with Gasteiger partial charge in [0, 0.05) is 6.08 Å². The molecule has 0 aromatic heterocycles. The second-order valence-corrected chi connectivity index (χ2v) is 4.48. The largest absolute Gasteiger partial charge is 0.503 e. The van der Waals surface area contributed by atoms with Crippen molar-refractivity contribution >= 4 is 24.7 Å². The van der Waals surface area contributed by atoms with Crippen LogP contribution in [0.25, 0.3) is 0 Å². The van der Waals surface area contributed by atoms with E-state index in [1.165, 1.54) is 12.2 Å². The minimum absolute atomic E-state index is 0.147. The Bertz CT molecular complexity index is 267. The zero-order valence-corrected chi connectivity index (χ0v) is 7.69. The smallest absolute Gasteiger partial charge is 0.250 e. The van der Waals surface area contributed by atoms with Gasteiger partial charge >= 0.3 is 0 Å². The van der Waals surface area contributed by atoms with E-state index in [2.05, 4.69) is 0 Å². The maximum atomic E-state index is 10.2. The quantitative estimate of drug-likeness (QED) is 0.447. The van der Waals surface area contributed by atoms with Crippen LogP contribution in [0.4, 0.5) is 0 Å². The molecule has 4 nitrogen and oxygen atoms in total. The van der Waals surface area contributed by atoms with E-state index in [9.17, 15) is 10.1 Å². The molecule has 60 valence electrons. The highest BCUT2D eigenvalue weighted by Gasteiger charge is 2.08. The highest BCUT2D eigenvalue weighted by atomic mass is 127. The van der Waals surface area contributed by atoms with E-state index >= 15 is 0 Å². The van der Waals surface area contributed by atoms with Crippen molar-refractivity contribution in [3.63, 3.8) is 0 Å². The molecule has 0 radical (unpaired) electrons. The van der Waals surface area contributed by atoms with Crippen LogP contribution in [0.5, 0.6) is 0 Å². The second kappa shape index (κ2) is 3.61. The zero-order chi connectivity index (χ0) is 8.27. The van der Waals surface area contributed by atoms with Gasteiger partial charge in [0.1, 0.15) is 3.77 Å². The van der Waals surface area contributed by atoms with Crippen molar-refractivity contribution in [2.24, 2.45) is 0 Å². The predicted octanol–water partition coefficient (Wildman–Crippen LogP) is 1.72. The van der Waals surface area contributed by atoms with E-state index < -0.39 is 25.7 Å². The Morgan fingerprint density at radius 3 is 3.00 bits per heavy atom. The third kappa shape index (κ3) is 2.41. The first-order chi connectivity index (χ1) is 5.20. The molecule has 1 rings (SSSR count). The first-order valence-corrected chi connectivity index (χ1v) is 5.22. The maximum Gasteiger partial charge on any atom is 0.250 e. The lowest BCUT2D eigenvalue weighted by Crippen LogP contribution is -1.97. The normalized spacial score (nSPS) is 17.5. The van der Waals surface area contributed by atoms with Crippen LogP contribution in [-0.2, 0) is 0 Å². The molecule has 0 aliphatic carbocycles. The summed E-state index contributed by atoms with van der Waals surface area (Å²) in [5, 5.41) is 19.2. The number of rotatable bonds is 1. The molecular formula is C6H6INO3. The van der Waals surface area contributed by atoms with E-state index in [0.717, 1.165) is 0 Å². The summed E-state index contributed by atoms with van der Waals surface area (Å²) in [4.78, 5) is 9.81. The second-order valence-electron chi connectivity index (χ2n) is 1.87. The van der Waals surface area contributed by atoms with Gasteiger partial charge in [-0.2, -0.15) is 0 Å². The van der Waals surface area contributed by atoms with Gasteiger partial charge < -0.3 is 5.11 Å². The van der Waals surface area contributed by atoms with Crippen LogP contribution in [0.3, 0.4) is 0 Å². The Labute approximate surface area is 73.1 Å². The van der Waals surface area contributed by atoms with Crippen LogP contribution in [0.15, 0.2) is 21.6 Å². The molecule has 0 spiro atoms. The highest BCUT2D eigenvalue weighted by Crippen LogP contribution is 2.16. The van der Waals surface area contributed by atoms with Crippen molar-refractivity contribution in [2.75, 3.05) is 0 Å². The van der Waals surface area contributed by atoms with Crippen molar-refractivity contribution in [1.82, 2.24) is 0 Å². The third-order valence-corrected chi connectivity index (χ3v) is 3.00. The summed E-state index contributed by atoms with van der Waals surface area (Å²) in [6.45, 7) is 0. The van der Waals surface area contributed by atoms with Crippen molar-refractivity contribution < 1.29 is 10.0 Å². The lowest BCUT2D eigenvalue weighted by Gasteiger charge is -1.88. The van der Waals surface area contributed by atoms with E-state index in [4.69, 9.17) is 5.11 Å². The number of allylic oxidation sites excluding steroid dienone is 3. The van der Waals surface area contributed by atoms with Crippen molar-refractivity contribution in [2.45, 2.75) is 6.42 Å². The summed E-state index contributed by atoms with van der Waals surface area (Å²) >= 11 is -0.493. The fraction of sp³-hybridized carbons (Fsp3) is 0.167. The van der Waals surface area contributed by atoms with Crippen molar-refractivity contribution in [1.29, 1.82) is 0 Å².